The molecular weight excluding hydrogens is 324 g/mol. The van der Waals surface area contributed by atoms with Gasteiger partial charge in [0.2, 0.25) is 5.91 Å². The molecule has 26 heavy (non-hydrogen) atoms. The third-order valence-corrected chi connectivity index (χ3v) is 5.27. The van der Waals surface area contributed by atoms with Gasteiger partial charge in [0.15, 0.2) is 0 Å². The Labute approximate surface area is 155 Å². The predicted octanol–water partition coefficient (Wildman–Crippen LogP) is 2.71. The fraction of sp³-hybridized carbons (Fsp3) is 0.409. The van der Waals surface area contributed by atoms with Gasteiger partial charge in [-0.05, 0) is 43.6 Å². The Morgan fingerprint density at radius 1 is 1.15 bits per heavy atom. The Bertz CT molecular complexity index is 730. The number of likely N-dealkylation sites (N-methyl/N-ethyl adjacent to an activating group) is 1. The molecule has 2 aromatic rings. The van der Waals surface area contributed by atoms with E-state index in [4.69, 9.17) is 0 Å². The van der Waals surface area contributed by atoms with Crippen LogP contribution in [0.5, 0.6) is 0 Å². The van der Waals surface area contributed by atoms with Crippen LogP contribution in [0.25, 0.3) is 0 Å². The number of hydrogen-bond acceptors (Lipinski definition) is 3. The number of fused-ring (bicyclic) bond motifs is 1. The van der Waals surface area contributed by atoms with E-state index in [9.17, 15) is 9.90 Å². The molecule has 3 atom stereocenters. The van der Waals surface area contributed by atoms with Crippen molar-refractivity contribution in [2.45, 2.75) is 43.9 Å². The third kappa shape index (κ3) is 4.51. The van der Waals surface area contributed by atoms with Gasteiger partial charge < -0.3 is 15.3 Å². The van der Waals surface area contributed by atoms with Gasteiger partial charge in [0.25, 0.3) is 0 Å². The van der Waals surface area contributed by atoms with Crippen molar-refractivity contribution in [3.05, 3.63) is 71.3 Å². The van der Waals surface area contributed by atoms with E-state index in [1.54, 1.807) is 0 Å². The number of carbonyl (C=O) groups excluding carboxylic acids is 1. The summed E-state index contributed by atoms with van der Waals surface area (Å²) in [6.07, 6.45) is 2.25. The molecule has 4 heteroatoms. The standard InChI is InChI=1S/C22H28N2O2/c1-24(2)18(14-16-8-4-3-5-9-16)12-13-21(26)23-22-19-11-7-6-10-17(19)15-20(22)25/h3-11,18,20,22,25H,12-15H2,1-2H3,(H,23,26)/t18-,20-,22-/m1/s1. The molecule has 3 rings (SSSR count). The molecule has 138 valence electrons. The molecule has 0 bridgehead atoms. The molecule has 0 unspecified atom stereocenters. The number of hydrogen-bond donors (Lipinski definition) is 2. The lowest BCUT2D eigenvalue weighted by molar-refractivity contribution is -0.122. The molecule has 0 saturated heterocycles. The van der Waals surface area contributed by atoms with Crippen LogP contribution in [0.1, 0.15) is 35.6 Å². The molecule has 1 amide bonds. The molecule has 2 N–H and O–H groups in total. The van der Waals surface area contributed by atoms with Crippen LogP contribution in [0.4, 0.5) is 0 Å². The zero-order valence-corrected chi connectivity index (χ0v) is 15.6. The second kappa shape index (κ2) is 8.47. The highest BCUT2D eigenvalue weighted by Gasteiger charge is 2.31. The van der Waals surface area contributed by atoms with Crippen molar-refractivity contribution in [3.63, 3.8) is 0 Å². The molecule has 0 aromatic heterocycles. The highest BCUT2D eigenvalue weighted by Crippen LogP contribution is 2.31. The van der Waals surface area contributed by atoms with Crippen molar-refractivity contribution in [1.29, 1.82) is 0 Å². The Balaban J connectivity index is 1.56. The zero-order valence-electron chi connectivity index (χ0n) is 15.6. The van der Waals surface area contributed by atoms with Gasteiger partial charge in [0, 0.05) is 18.9 Å². The third-order valence-electron chi connectivity index (χ3n) is 5.27. The molecule has 0 saturated carbocycles. The second-order valence-corrected chi connectivity index (χ2v) is 7.36. The van der Waals surface area contributed by atoms with Gasteiger partial charge in [-0.3, -0.25) is 4.79 Å². The van der Waals surface area contributed by atoms with E-state index in [1.807, 2.05) is 42.5 Å². The fourth-order valence-corrected chi connectivity index (χ4v) is 3.72. The normalized spacial score (nSPS) is 20.0. The van der Waals surface area contributed by atoms with Crippen LogP contribution in [-0.2, 0) is 17.6 Å². The van der Waals surface area contributed by atoms with E-state index < -0.39 is 6.10 Å². The van der Waals surface area contributed by atoms with Gasteiger partial charge >= 0.3 is 0 Å². The number of benzene rings is 2. The molecule has 0 heterocycles. The van der Waals surface area contributed by atoms with Crippen molar-refractivity contribution in [2.75, 3.05) is 14.1 Å². The van der Waals surface area contributed by atoms with Crippen LogP contribution in [0.3, 0.4) is 0 Å². The number of aliphatic hydroxyl groups excluding tert-OH is 1. The van der Waals surface area contributed by atoms with Crippen LogP contribution in [0, 0.1) is 0 Å². The first-order valence-electron chi connectivity index (χ1n) is 9.30. The SMILES string of the molecule is CN(C)[C@H](CCC(=O)N[C@@H]1c2ccccc2C[C@H]1O)Cc1ccccc1. The van der Waals surface area contributed by atoms with E-state index in [1.165, 1.54) is 5.56 Å². The molecule has 1 aliphatic carbocycles. The first kappa shape index (κ1) is 18.6. The lowest BCUT2D eigenvalue weighted by Gasteiger charge is -2.25. The monoisotopic (exact) mass is 352 g/mol. The molecular formula is C22H28N2O2. The summed E-state index contributed by atoms with van der Waals surface area (Å²) in [5.74, 6) is 0.00525. The Morgan fingerprint density at radius 3 is 2.58 bits per heavy atom. The van der Waals surface area contributed by atoms with Crippen LogP contribution in [0.2, 0.25) is 0 Å². The maximum atomic E-state index is 12.5. The summed E-state index contributed by atoms with van der Waals surface area (Å²) >= 11 is 0. The molecule has 0 spiro atoms. The van der Waals surface area contributed by atoms with E-state index in [2.05, 4.69) is 36.4 Å². The van der Waals surface area contributed by atoms with Crippen molar-refractivity contribution in [2.24, 2.45) is 0 Å². The Kier molecular flexibility index (Phi) is 6.07. The fourth-order valence-electron chi connectivity index (χ4n) is 3.72. The number of amides is 1. The molecule has 0 aliphatic heterocycles. The van der Waals surface area contributed by atoms with E-state index in [0.717, 1.165) is 24.0 Å². The number of nitrogens with one attached hydrogen (secondary N) is 1. The van der Waals surface area contributed by atoms with Crippen LogP contribution < -0.4 is 5.32 Å². The number of carbonyl (C=O) groups is 1. The Morgan fingerprint density at radius 2 is 1.85 bits per heavy atom. The minimum absolute atomic E-state index is 0.00525. The summed E-state index contributed by atoms with van der Waals surface area (Å²) in [6.45, 7) is 0. The van der Waals surface area contributed by atoms with Crippen LogP contribution in [0.15, 0.2) is 54.6 Å². The quantitative estimate of drug-likeness (QED) is 0.806. The van der Waals surface area contributed by atoms with Gasteiger partial charge in [-0.2, -0.15) is 0 Å². The first-order chi connectivity index (χ1) is 12.5. The van der Waals surface area contributed by atoms with Crippen molar-refractivity contribution >= 4 is 5.91 Å². The highest BCUT2D eigenvalue weighted by atomic mass is 16.3. The average molecular weight is 352 g/mol. The van der Waals surface area contributed by atoms with E-state index >= 15 is 0 Å². The molecule has 1 aliphatic rings. The minimum Gasteiger partial charge on any atom is -0.390 e. The van der Waals surface area contributed by atoms with Crippen molar-refractivity contribution < 1.29 is 9.90 Å². The van der Waals surface area contributed by atoms with Crippen LogP contribution >= 0.6 is 0 Å². The van der Waals surface area contributed by atoms with Gasteiger partial charge in [-0.25, -0.2) is 0 Å². The van der Waals surface area contributed by atoms with Gasteiger partial charge in [0.05, 0.1) is 12.1 Å². The maximum absolute atomic E-state index is 12.5. The summed E-state index contributed by atoms with van der Waals surface area (Å²) in [5, 5.41) is 13.3. The lowest BCUT2D eigenvalue weighted by atomic mass is 10.0. The predicted molar refractivity (Wildman–Crippen MR) is 104 cm³/mol. The number of nitrogens with zero attached hydrogens (tertiary/aromatic N) is 1. The molecule has 2 aromatic carbocycles. The highest BCUT2D eigenvalue weighted by molar-refractivity contribution is 5.76. The second-order valence-electron chi connectivity index (χ2n) is 7.36. The van der Waals surface area contributed by atoms with E-state index in [0.29, 0.717) is 18.9 Å². The number of rotatable bonds is 7. The topological polar surface area (TPSA) is 52.6 Å². The van der Waals surface area contributed by atoms with Crippen molar-refractivity contribution in [3.8, 4) is 0 Å². The summed E-state index contributed by atoms with van der Waals surface area (Å²) in [6, 6.07) is 18.3. The van der Waals surface area contributed by atoms with Crippen LogP contribution in [-0.4, -0.2) is 42.2 Å². The van der Waals surface area contributed by atoms with Gasteiger partial charge in [-0.15, -0.1) is 0 Å². The summed E-state index contributed by atoms with van der Waals surface area (Å²) in [4.78, 5) is 14.7. The number of aliphatic hydroxyl groups is 1. The minimum atomic E-state index is -0.537. The zero-order chi connectivity index (χ0) is 18.5. The van der Waals surface area contributed by atoms with E-state index in [-0.39, 0.29) is 11.9 Å². The molecule has 0 radical (unpaired) electrons. The molecule has 0 fully saturated rings. The average Bonchev–Trinajstić information content (AvgIpc) is 2.95. The summed E-state index contributed by atoms with van der Waals surface area (Å²) in [7, 11) is 4.12. The summed E-state index contributed by atoms with van der Waals surface area (Å²) in [5.41, 5.74) is 3.45. The smallest absolute Gasteiger partial charge is 0.220 e. The lowest BCUT2D eigenvalue weighted by Crippen LogP contribution is -2.36. The van der Waals surface area contributed by atoms with Gasteiger partial charge in [-0.1, -0.05) is 54.6 Å². The Hall–Kier alpha value is -2.17. The molecule has 4 nitrogen and oxygen atoms in total. The summed E-state index contributed by atoms with van der Waals surface area (Å²) < 4.78 is 0. The van der Waals surface area contributed by atoms with Crippen molar-refractivity contribution in [1.82, 2.24) is 10.2 Å². The largest absolute Gasteiger partial charge is 0.390 e. The van der Waals surface area contributed by atoms with Gasteiger partial charge in [0.1, 0.15) is 0 Å². The maximum Gasteiger partial charge on any atom is 0.220 e. The first-order valence-corrected chi connectivity index (χ1v) is 9.30.